The molecule has 0 unspecified atom stereocenters. The van der Waals surface area contributed by atoms with Crippen molar-refractivity contribution in [1.82, 2.24) is 4.98 Å². The summed E-state index contributed by atoms with van der Waals surface area (Å²) in [6, 6.07) is 18.8. The van der Waals surface area contributed by atoms with Crippen LogP contribution in [-0.4, -0.2) is 44.3 Å². The van der Waals surface area contributed by atoms with E-state index in [9.17, 15) is 10.1 Å². The van der Waals surface area contributed by atoms with Crippen molar-refractivity contribution >= 4 is 34.4 Å². The molecule has 3 aromatic rings. The molecule has 1 aromatic heterocycles. The molecule has 0 spiro atoms. The average Bonchev–Trinajstić information content (AvgIpc) is 2.82. The Balaban J connectivity index is 1.71. The molecule has 0 radical (unpaired) electrons. The van der Waals surface area contributed by atoms with Gasteiger partial charge in [0, 0.05) is 35.8 Å². The van der Waals surface area contributed by atoms with Crippen LogP contribution in [0.2, 0.25) is 0 Å². The number of anilines is 2. The van der Waals surface area contributed by atoms with Gasteiger partial charge in [-0.25, -0.2) is 4.98 Å². The lowest BCUT2D eigenvalue weighted by atomic mass is 10.1. The van der Waals surface area contributed by atoms with Crippen molar-refractivity contribution in [2.45, 2.75) is 0 Å². The fourth-order valence-electron chi connectivity index (χ4n) is 3.46. The molecule has 1 amide bonds. The van der Waals surface area contributed by atoms with Crippen LogP contribution in [0, 0.1) is 11.3 Å². The van der Waals surface area contributed by atoms with Crippen molar-refractivity contribution < 1.29 is 14.3 Å². The van der Waals surface area contributed by atoms with Gasteiger partial charge in [-0.15, -0.1) is 0 Å². The number of hydrogen-bond donors (Lipinski definition) is 1. The maximum Gasteiger partial charge on any atom is 0.266 e. The molecule has 2 aromatic carbocycles. The van der Waals surface area contributed by atoms with Gasteiger partial charge in [-0.3, -0.25) is 4.79 Å². The summed E-state index contributed by atoms with van der Waals surface area (Å²) < 4.78 is 10.7. The first-order valence-corrected chi connectivity index (χ1v) is 9.97. The Hall–Kier alpha value is -3.89. The second-order valence-corrected chi connectivity index (χ2v) is 7.05. The summed E-state index contributed by atoms with van der Waals surface area (Å²) in [5.41, 5.74) is 2.13. The molecule has 0 saturated carbocycles. The minimum absolute atomic E-state index is 0.00518. The number of nitrogens with one attached hydrogen (secondary N) is 1. The van der Waals surface area contributed by atoms with Crippen molar-refractivity contribution in [3.05, 3.63) is 65.7 Å². The quantitative estimate of drug-likeness (QED) is 0.507. The van der Waals surface area contributed by atoms with E-state index in [1.807, 2.05) is 36.4 Å². The summed E-state index contributed by atoms with van der Waals surface area (Å²) in [5, 5.41) is 13.4. The highest BCUT2D eigenvalue weighted by molar-refractivity contribution is 6.10. The van der Waals surface area contributed by atoms with E-state index in [0.717, 1.165) is 22.3 Å². The third-order valence-corrected chi connectivity index (χ3v) is 5.04. The second kappa shape index (κ2) is 9.28. The number of hydrogen-bond acceptors (Lipinski definition) is 6. The van der Waals surface area contributed by atoms with E-state index in [4.69, 9.17) is 14.5 Å². The van der Waals surface area contributed by atoms with Gasteiger partial charge in [0.25, 0.3) is 5.91 Å². The zero-order valence-corrected chi connectivity index (χ0v) is 17.2. The predicted molar refractivity (Wildman–Crippen MR) is 120 cm³/mol. The molecular formula is C24H22N4O3. The standard InChI is InChI=1S/C24H22N4O3/c1-30-21-7-4-6-20(15-21)26-24(29)19(16-25)14-18-13-17-5-2-3-8-22(17)27-23(18)28-9-11-31-12-10-28/h2-8,13-15H,9-12H2,1H3,(H,26,29)/b19-14+. The number of nitrogens with zero attached hydrogens (tertiary/aromatic N) is 3. The number of benzene rings is 2. The van der Waals surface area contributed by atoms with Gasteiger partial charge in [-0.2, -0.15) is 5.26 Å². The number of pyridine rings is 1. The Labute approximate surface area is 180 Å². The summed E-state index contributed by atoms with van der Waals surface area (Å²) in [7, 11) is 1.56. The van der Waals surface area contributed by atoms with Gasteiger partial charge < -0.3 is 19.7 Å². The van der Waals surface area contributed by atoms with Gasteiger partial charge in [0.2, 0.25) is 0 Å². The van der Waals surface area contributed by atoms with E-state index in [-0.39, 0.29) is 5.57 Å². The molecule has 2 heterocycles. The normalized spacial score (nSPS) is 14.2. The monoisotopic (exact) mass is 414 g/mol. The van der Waals surface area contributed by atoms with Crippen LogP contribution in [-0.2, 0) is 9.53 Å². The molecule has 4 rings (SSSR count). The first kappa shape index (κ1) is 20.4. The van der Waals surface area contributed by atoms with Crippen molar-refractivity contribution in [3.8, 4) is 11.8 Å². The first-order chi connectivity index (χ1) is 15.2. The molecule has 1 saturated heterocycles. The lowest BCUT2D eigenvalue weighted by Crippen LogP contribution is -2.37. The van der Waals surface area contributed by atoms with Crippen LogP contribution < -0.4 is 15.0 Å². The third-order valence-electron chi connectivity index (χ3n) is 5.04. The first-order valence-electron chi connectivity index (χ1n) is 9.97. The van der Waals surface area contributed by atoms with Crippen LogP contribution in [0.1, 0.15) is 5.56 Å². The molecular weight excluding hydrogens is 392 g/mol. The van der Waals surface area contributed by atoms with Gasteiger partial charge in [-0.05, 0) is 30.3 Å². The molecule has 0 aliphatic carbocycles. The number of amides is 1. The maximum atomic E-state index is 12.8. The Morgan fingerprint density at radius 1 is 1.19 bits per heavy atom. The molecule has 31 heavy (non-hydrogen) atoms. The Morgan fingerprint density at radius 3 is 2.77 bits per heavy atom. The third kappa shape index (κ3) is 4.65. The van der Waals surface area contributed by atoms with Crippen LogP contribution in [0.4, 0.5) is 11.5 Å². The lowest BCUT2D eigenvalue weighted by Gasteiger charge is -2.29. The molecule has 7 heteroatoms. The van der Waals surface area contributed by atoms with Crippen molar-refractivity contribution in [1.29, 1.82) is 5.26 Å². The number of ether oxygens (including phenoxy) is 2. The summed E-state index contributed by atoms with van der Waals surface area (Å²) in [6.45, 7) is 2.62. The average molecular weight is 414 g/mol. The largest absolute Gasteiger partial charge is 0.497 e. The zero-order chi connectivity index (χ0) is 21.6. The number of carbonyl (C=O) groups is 1. The Bertz CT molecular complexity index is 1180. The van der Waals surface area contributed by atoms with Gasteiger partial charge in [0.15, 0.2) is 0 Å². The van der Waals surface area contributed by atoms with Crippen LogP contribution >= 0.6 is 0 Å². The number of aromatic nitrogens is 1. The molecule has 156 valence electrons. The minimum Gasteiger partial charge on any atom is -0.497 e. The summed E-state index contributed by atoms with van der Waals surface area (Å²) >= 11 is 0. The molecule has 0 atom stereocenters. The molecule has 1 aliphatic rings. The number of para-hydroxylation sites is 1. The molecule has 1 N–H and O–H groups in total. The van der Waals surface area contributed by atoms with E-state index in [0.29, 0.717) is 37.7 Å². The predicted octanol–water partition coefficient (Wildman–Crippen LogP) is 3.63. The number of morpholine rings is 1. The van der Waals surface area contributed by atoms with E-state index < -0.39 is 5.91 Å². The van der Waals surface area contributed by atoms with Crippen LogP contribution in [0.25, 0.3) is 17.0 Å². The van der Waals surface area contributed by atoms with E-state index >= 15 is 0 Å². The van der Waals surface area contributed by atoms with Crippen LogP contribution in [0.3, 0.4) is 0 Å². The molecule has 1 aliphatic heterocycles. The highest BCUT2D eigenvalue weighted by atomic mass is 16.5. The fourth-order valence-corrected chi connectivity index (χ4v) is 3.46. The molecule has 0 bridgehead atoms. The van der Waals surface area contributed by atoms with E-state index in [1.54, 1.807) is 37.5 Å². The van der Waals surface area contributed by atoms with E-state index in [1.165, 1.54) is 0 Å². The van der Waals surface area contributed by atoms with Crippen molar-refractivity contribution in [2.24, 2.45) is 0 Å². The number of rotatable bonds is 5. The minimum atomic E-state index is -0.489. The molecule has 7 nitrogen and oxygen atoms in total. The lowest BCUT2D eigenvalue weighted by molar-refractivity contribution is -0.112. The van der Waals surface area contributed by atoms with Crippen molar-refractivity contribution in [3.63, 3.8) is 0 Å². The number of nitriles is 1. The highest BCUT2D eigenvalue weighted by Gasteiger charge is 2.18. The summed E-state index contributed by atoms with van der Waals surface area (Å²) in [4.78, 5) is 19.7. The SMILES string of the molecule is COc1cccc(NC(=O)/C(C#N)=C/c2cc3ccccc3nc2N2CCOCC2)c1. The van der Waals surface area contributed by atoms with Gasteiger partial charge >= 0.3 is 0 Å². The number of fused-ring (bicyclic) bond motifs is 1. The second-order valence-electron chi connectivity index (χ2n) is 7.05. The topological polar surface area (TPSA) is 87.5 Å². The maximum absolute atomic E-state index is 12.8. The fraction of sp³-hybridized carbons (Fsp3) is 0.208. The van der Waals surface area contributed by atoms with Crippen LogP contribution in [0.15, 0.2) is 60.2 Å². The van der Waals surface area contributed by atoms with Gasteiger partial charge in [0.05, 0.1) is 25.8 Å². The highest BCUT2D eigenvalue weighted by Crippen LogP contribution is 2.27. The summed E-state index contributed by atoms with van der Waals surface area (Å²) in [5.74, 6) is 0.870. The zero-order valence-electron chi connectivity index (χ0n) is 17.2. The number of methoxy groups -OCH3 is 1. The van der Waals surface area contributed by atoms with Crippen molar-refractivity contribution in [2.75, 3.05) is 43.6 Å². The number of carbonyl (C=O) groups excluding carboxylic acids is 1. The smallest absolute Gasteiger partial charge is 0.266 e. The van der Waals surface area contributed by atoms with E-state index in [2.05, 4.69) is 10.2 Å². The Morgan fingerprint density at radius 2 is 2.00 bits per heavy atom. The van der Waals surface area contributed by atoms with Gasteiger partial charge in [0.1, 0.15) is 23.2 Å². The van der Waals surface area contributed by atoms with Gasteiger partial charge in [-0.1, -0.05) is 24.3 Å². The molecule has 1 fully saturated rings. The summed E-state index contributed by atoms with van der Waals surface area (Å²) in [6.07, 6.45) is 1.60. The van der Waals surface area contributed by atoms with Crippen LogP contribution in [0.5, 0.6) is 5.75 Å². The Kier molecular flexibility index (Phi) is 6.11.